The van der Waals surface area contributed by atoms with Crippen molar-refractivity contribution in [3.63, 3.8) is 0 Å². The summed E-state index contributed by atoms with van der Waals surface area (Å²) in [5, 5.41) is 13.5. The molecular formula is C13H17Cl2NO3. The Hall–Kier alpha value is -0.970. The van der Waals surface area contributed by atoms with Crippen LogP contribution in [0.25, 0.3) is 0 Å². The topological polar surface area (TPSA) is 58.6 Å². The van der Waals surface area contributed by atoms with Crippen LogP contribution in [0.4, 0.5) is 0 Å². The first kappa shape index (κ1) is 16.1. The molecule has 1 rings (SSSR count). The number of carbonyl (C=O) groups excluding carboxylic acids is 1. The molecule has 4 nitrogen and oxygen atoms in total. The Morgan fingerprint density at radius 2 is 2.05 bits per heavy atom. The lowest BCUT2D eigenvalue weighted by Gasteiger charge is -2.20. The molecule has 1 aromatic rings. The molecule has 0 bridgehead atoms. The summed E-state index contributed by atoms with van der Waals surface area (Å²) in [4.78, 5) is 11.6. The number of phenols is 1. The summed E-state index contributed by atoms with van der Waals surface area (Å²) in [6.45, 7) is 4.07. The molecule has 0 heterocycles. The summed E-state index contributed by atoms with van der Waals surface area (Å²) in [7, 11) is 1.34. The highest BCUT2D eigenvalue weighted by Gasteiger charge is 2.22. The number of benzene rings is 1. The van der Waals surface area contributed by atoms with Crippen LogP contribution < -0.4 is 5.32 Å². The molecule has 0 radical (unpaired) electrons. The van der Waals surface area contributed by atoms with Crippen molar-refractivity contribution in [3.05, 3.63) is 27.7 Å². The highest BCUT2D eigenvalue weighted by atomic mass is 35.5. The van der Waals surface area contributed by atoms with E-state index in [1.807, 2.05) is 13.8 Å². The zero-order valence-corrected chi connectivity index (χ0v) is 12.5. The lowest BCUT2D eigenvalue weighted by molar-refractivity contribution is -0.144. The van der Waals surface area contributed by atoms with Crippen molar-refractivity contribution >= 4 is 29.2 Å². The summed E-state index contributed by atoms with van der Waals surface area (Å²) < 4.78 is 4.72. The van der Waals surface area contributed by atoms with Gasteiger partial charge in [0, 0.05) is 17.1 Å². The van der Waals surface area contributed by atoms with E-state index in [0.717, 1.165) is 0 Å². The minimum Gasteiger partial charge on any atom is -0.506 e. The second-order valence-electron chi connectivity index (χ2n) is 4.52. The first-order chi connectivity index (χ1) is 8.86. The number of methoxy groups -OCH3 is 1. The summed E-state index contributed by atoms with van der Waals surface area (Å²) >= 11 is 11.7. The molecule has 0 aliphatic heterocycles. The Labute approximate surface area is 122 Å². The lowest BCUT2D eigenvalue weighted by Crippen LogP contribution is -2.41. The quantitative estimate of drug-likeness (QED) is 0.821. The Kier molecular flexibility index (Phi) is 5.91. The fourth-order valence-corrected chi connectivity index (χ4v) is 2.23. The zero-order chi connectivity index (χ0) is 14.6. The highest BCUT2D eigenvalue weighted by Crippen LogP contribution is 2.31. The molecule has 0 fully saturated rings. The van der Waals surface area contributed by atoms with Crippen LogP contribution in [0.3, 0.4) is 0 Å². The summed E-state index contributed by atoms with van der Waals surface area (Å²) in [5.41, 5.74) is 0.534. The van der Waals surface area contributed by atoms with Gasteiger partial charge in [0.2, 0.25) is 0 Å². The van der Waals surface area contributed by atoms with Crippen molar-refractivity contribution in [2.24, 2.45) is 5.92 Å². The van der Waals surface area contributed by atoms with Crippen molar-refractivity contribution in [2.45, 2.75) is 26.4 Å². The second kappa shape index (κ2) is 6.98. The van der Waals surface area contributed by atoms with E-state index in [9.17, 15) is 9.90 Å². The van der Waals surface area contributed by atoms with Crippen LogP contribution in [-0.4, -0.2) is 24.2 Å². The number of hydrogen-bond acceptors (Lipinski definition) is 4. The molecule has 6 heteroatoms. The molecule has 1 atom stereocenters. The average Bonchev–Trinajstić information content (AvgIpc) is 2.34. The molecule has 106 valence electrons. The first-order valence-corrected chi connectivity index (χ1v) is 6.60. The Morgan fingerprint density at radius 1 is 1.42 bits per heavy atom. The number of rotatable bonds is 5. The summed E-state index contributed by atoms with van der Waals surface area (Å²) in [6.07, 6.45) is 0. The van der Waals surface area contributed by atoms with Gasteiger partial charge < -0.3 is 9.84 Å². The SMILES string of the molecule is COC(=O)[C@@H](NCc1cc(Cl)cc(Cl)c1O)C(C)C. The number of nitrogens with one attached hydrogen (secondary N) is 1. The van der Waals surface area contributed by atoms with Crippen LogP contribution in [-0.2, 0) is 16.1 Å². The van der Waals surface area contributed by atoms with Gasteiger partial charge in [-0.2, -0.15) is 0 Å². The minimum absolute atomic E-state index is 0.0362. The van der Waals surface area contributed by atoms with Gasteiger partial charge in [-0.1, -0.05) is 37.0 Å². The minimum atomic E-state index is -0.456. The van der Waals surface area contributed by atoms with Crippen LogP contribution in [0, 0.1) is 5.92 Å². The van der Waals surface area contributed by atoms with E-state index in [2.05, 4.69) is 5.32 Å². The number of halogens is 2. The molecule has 0 saturated heterocycles. The third kappa shape index (κ3) is 4.27. The zero-order valence-electron chi connectivity index (χ0n) is 11.0. The molecule has 0 aliphatic rings. The monoisotopic (exact) mass is 305 g/mol. The average molecular weight is 306 g/mol. The molecule has 0 saturated carbocycles. The van der Waals surface area contributed by atoms with Crippen LogP contribution in [0.1, 0.15) is 19.4 Å². The molecule has 19 heavy (non-hydrogen) atoms. The van der Waals surface area contributed by atoms with Gasteiger partial charge in [0.05, 0.1) is 12.1 Å². The van der Waals surface area contributed by atoms with Crippen LogP contribution in [0.2, 0.25) is 10.0 Å². The smallest absolute Gasteiger partial charge is 0.323 e. The third-order valence-corrected chi connectivity index (χ3v) is 3.25. The summed E-state index contributed by atoms with van der Waals surface area (Å²) in [5.74, 6) is -0.321. The molecular weight excluding hydrogens is 289 g/mol. The van der Waals surface area contributed by atoms with Gasteiger partial charge in [-0.05, 0) is 18.1 Å². The lowest BCUT2D eigenvalue weighted by atomic mass is 10.0. The molecule has 1 aromatic carbocycles. The molecule has 2 N–H and O–H groups in total. The fourth-order valence-electron chi connectivity index (χ4n) is 1.69. The van der Waals surface area contributed by atoms with Crippen LogP contribution >= 0.6 is 23.2 Å². The van der Waals surface area contributed by atoms with Crippen molar-refractivity contribution in [2.75, 3.05) is 7.11 Å². The van der Waals surface area contributed by atoms with E-state index in [1.54, 1.807) is 6.07 Å². The van der Waals surface area contributed by atoms with E-state index in [1.165, 1.54) is 13.2 Å². The number of carbonyl (C=O) groups is 1. The van der Waals surface area contributed by atoms with Gasteiger partial charge in [0.25, 0.3) is 0 Å². The maximum Gasteiger partial charge on any atom is 0.323 e. The van der Waals surface area contributed by atoms with Gasteiger partial charge in [-0.15, -0.1) is 0 Å². The number of phenolic OH excluding ortho intramolecular Hbond substituents is 1. The molecule has 0 aromatic heterocycles. The molecule has 0 spiro atoms. The Bertz CT molecular complexity index is 463. The number of aromatic hydroxyl groups is 1. The third-order valence-electron chi connectivity index (χ3n) is 2.74. The first-order valence-electron chi connectivity index (χ1n) is 5.85. The van der Waals surface area contributed by atoms with E-state index in [4.69, 9.17) is 27.9 Å². The maximum absolute atomic E-state index is 11.6. The Morgan fingerprint density at radius 3 is 2.58 bits per heavy atom. The van der Waals surface area contributed by atoms with Crippen molar-refractivity contribution in [1.82, 2.24) is 5.32 Å². The van der Waals surface area contributed by atoms with Crippen molar-refractivity contribution < 1.29 is 14.6 Å². The van der Waals surface area contributed by atoms with Gasteiger partial charge >= 0.3 is 5.97 Å². The molecule has 0 unspecified atom stereocenters. The number of ether oxygens (including phenoxy) is 1. The second-order valence-corrected chi connectivity index (χ2v) is 5.36. The van der Waals surface area contributed by atoms with E-state index in [-0.39, 0.29) is 29.2 Å². The van der Waals surface area contributed by atoms with Crippen LogP contribution in [0.15, 0.2) is 12.1 Å². The van der Waals surface area contributed by atoms with E-state index in [0.29, 0.717) is 10.6 Å². The van der Waals surface area contributed by atoms with Gasteiger partial charge in [-0.25, -0.2) is 0 Å². The number of hydrogen-bond donors (Lipinski definition) is 2. The van der Waals surface area contributed by atoms with Gasteiger partial charge in [0.1, 0.15) is 11.8 Å². The largest absolute Gasteiger partial charge is 0.506 e. The highest BCUT2D eigenvalue weighted by molar-refractivity contribution is 6.35. The molecule has 0 amide bonds. The normalized spacial score (nSPS) is 12.5. The number of esters is 1. The molecule has 0 aliphatic carbocycles. The Balaban J connectivity index is 2.83. The van der Waals surface area contributed by atoms with Crippen molar-refractivity contribution in [1.29, 1.82) is 0 Å². The van der Waals surface area contributed by atoms with Crippen molar-refractivity contribution in [3.8, 4) is 5.75 Å². The van der Waals surface area contributed by atoms with E-state index >= 15 is 0 Å². The van der Waals surface area contributed by atoms with Gasteiger partial charge in [0.15, 0.2) is 0 Å². The predicted molar refractivity (Wildman–Crippen MR) is 75.6 cm³/mol. The standard InChI is InChI=1S/C13H17Cl2NO3/c1-7(2)11(13(18)19-3)16-6-8-4-9(14)5-10(15)12(8)17/h4-5,7,11,16-17H,6H2,1-3H3/t11-/m0/s1. The predicted octanol–water partition coefficient (Wildman–Crippen LogP) is 2.99. The van der Waals surface area contributed by atoms with E-state index < -0.39 is 6.04 Å². The summed E-state index contributed by atoms with van der Waals surface area (Å²) in [6, 6.07) is 2.61. The van der Waals surface area contributed by atoms with Crippen LogP contribution in [0.5, 0.6) is 5.75 Å². The van der Waals surface area contributed by atoms with Gasteiger partial charge in [-0.3, -0.25) is 10.1 Å². The maximum atomic E-state index is 11.6. The fraction of sp³-hybridized carbons (Fsp3) is 0.462.